The van der Waals surface area contributed by atoms with Crippen molar-refractivity contribution < 1.29 is 13.5 Å². The molecule has 0 unspecified atom stereocenters. The molecular weight excluding hydrogens is 412 g/mol. The Kier molecular flexibility index (Phi) is 5.27. The summed E-state index contributed by atoms with van der Waals surface area (Å²) in [4.78, 5) is 0. The number of aromatic nitrogens is 3. The molecule has 0 radical (unpaired) electrons. The van der Waals surface area contributed by atoms with Gasteiger partial charge in [-0.2, -0.15) is 0 Å². The Bertz CT molecular complexity index is 1140. The van der Waals surface area contributed by atoms with E-state index in [0.717, 1.165) is 36.0 Å². The average Bonchev–Trinajstić information content (AvgIpc) is 3.03. The molecule has 0 saturated carbocycles. The molecule has 7 nitrogen and oxygen atoms in total. The van der Waals surface area contributed by atoms with Crippen LogP contribution < -0.4 is 0 Å². The van der Waals surface area contributed by atoms with Crippen LogP contribution in [0.2, 0.25) is 5.02 Å². The van der Waals surface area contributed by atoms with Crippen molar-refractivity contribution in [1.29, 1.82) is 0 Å². The summed E-state index contributed by atoms with van der Waals surface area (Å²) >= 11 is 6.00. The Labute approximate surface area is 175 Å². The molecule has 0 aliphatic carbocycles. The summed E-state index contributed by atoms with van der Waals surface area (Å²) in [6.45, 7) is 3.78. The van der Waals surface area contributed by atoms with Gasteiger partial charge in [0.05, 0.1) is 11.9 Å². The lowest BCUT2D eigenvalue weighted by Gasteiger charge is -2.30. The van der Waals surface area contributed by atoms with Crippen LogP contribution in [0.25, 0.3) is 22.3 Å². The van der Waals surface area contributed by atoms with Gasteiger partial charge in [-0.3, -0.25) is 0 Å². The molecule has 29 heavy (non-hydrogen) atoms. The molecule has 4 rings (SSSR count). The number of benzene rings is 1. The van der Waals surface area contributed by atoms with E-state index < -0.39 is 10.0 Å². The van der Waals surface area contributed by atoms with Crippen LogP contribution in [-0.4, -0.2) is 51.9 Å². The quantitative estimate of drug-likeness (QED) is 0.679. The van der Waals surface area contributed by atoms with Gasteiger partial charge in [0.2, 0.25) is 10.0 Å². The molecule has 1 N–H and O–H groups in total. The topological polar surface area (TPSA) is 88.3 Å². The Morgan fingerprint density at radius 3 is 2.59 bits per heavy atom. The Hall–Kier alpha value is -2.16. The molecule has 1 fully saturated rings. The fraction of sp³-hybridized carbons (Fsp3) is 0.400. The molecule has 154 valence electrons. The zero-order valence-electron chi connectivity index (χ0n) is 16.3. The van der Waals surface area contributed by atoms with Gasteiger partial charge in [0.15, 0.2) is 5.65 Å². The minimum Gasteiger partial charge on any atom is -0.507 e. The number of fused-ring (bicyclic) bond motifs is 1. The predicted molar refractivity (Wildman–Crippen MR) is 114 cm³/mol. The molecule has 0 atom stereocenters. The fourth-order valence-electron chi connectivity index (χ4n) is 4.02. The van der Waals surface area contributed by atoms with Crippen LogP contribution >= 0.6 is 11.6 Å². The number of phenols is 1. The summed E-state index contributed by atoms with van der Waals surface area (Å²) < 4.78 is 27.0. The van der Waals surface area contributed by atoms with Crippen LogP contribution in [0, 0.1) is 12.8 Å². The van der Waals surface area contributed by atoms with Crippen molar-refractivity contribution in [2.24, 2.45) is 5.92 Å². The summed E-state index contributed by atoms with van der Waals surface area (Å²) in [6.07, 6.45) is 4.91. The van der Waals surface area contributed by atoms with Crippen molar-refractivity contribution in [3.63, 3.8) is 0 Å². The number of aryl methyl sites for hydroxylation is 1. The van der Waals surface area contributed by atoms with E-state index in [1.807, 2.05) is 25.3 Å². The molecule has 1 saturated heterocycles. The fourth-order valence-corrected chi connectivity index (χ4v) is 5.16. The predicted octanol–water partition coefficient (Wildman–Crippen LogP) is 3.44. The third-order valence-corrected chi connectivity index (χ3v) is 7.06. The van der Waals surface area contributed by atoms with Crippen LogP contribution in [0.15, 0.2) is 30.5 Å². The molecule has 1 aliphatic heterocycles. The summed E-state index contributed by atoms with van der Waals surface area (Å²) in [5.41, 5.74) is 2.85. The number of halogens is 1. The molecule has 1 aliphatic rings. The van der Waals surface area contributed by atoms with Crippen molar-refractivity contribution in [2.75, 3.05) is 19.3 Å². The number of phenolic OH excluding ortho intramolecular Hbond substituents is 1. The largest absolute Gasteiger partial charge is 0.507 e. The molecule has 1 aromatic carbocycles. The minimum atomic E-state index is -3.11. The second kappa shape index (κ2) is 7.59. The van der Waals surface area contributed by atoms with Gasteiger partial charge in [-0.1, -0.05) is 11.6 Å². The van der Waals surface area contributed by atoms with Gasteiger partial charge in [-0.15, -0.1) is 10.2 Å². The van der Waals surface area contributed by atoms with Crippen molar-refractivity contribution >= 4 is 32.7 Å². The summed E-state index contributed by atoms with van der Waals surface area (Å²) in [5.74, 6) is 0.480. The highest BCUT2D eigenvalue weighted by Crippen LogP contribution is 2.35. The van der Waals surface area contributed by atoms with Crippen molar-refractivity contribution in [1.82, 2.24) is 19.1 Å². The average molecular weight is 435 g/mol. The third kappa shape index (κ3) is 4.10. The van der Waals surface area contributed by atoms with Gasteiger partial charge < -0.3 is 9.67 Å². The lowest BCUT2D eigenvalue weighted by molar-refractivity contribution is 0.255. The third-order valence-electron chi connectivity index (χ3n) is 5.54. The standard InChI is InChI=1S/C20H23ClN4O3S/c1-13-9-16(21)11-18(26)19(13)17-10-15-5-6-24(20(15)23-22-17)12-14-3-7-25(8-4-14)29(2,27)28/h5-6,9-11,14,26H,3-4,7-8,12H2,1-2H3. The molecule has 2 aromatic heterocycles. The molecule has 3 aromatic rings. The SMILES string of the molecule is Cc1cc(Cl)cc(O)c1-c1cc2ccn(CC3CCN(S(C)(=O)=O)CC3)c2nn1. The van der Waals surface area contributed by atoms with Gasteiger partial charge in [0.25, 0.3) is 0 Å². The van der Waals surface area contributed by atoms with E-state index in [0.29, 0.717) is 35.3 Å². The Morgan fingerprint density at radius 2 is 1.93 bits per heavy atom. The van der Waals surface area contributed by atoms with Gasteiger partial charge in [0, 0.05) is 41.8 Å². The number of nitrogens with zero attached hydrogens (tertiary/aromatic N) is 4. The summed E-state index contributed by atoms with van der Waals surface area (Å²) in [7, 11) is -3.11. The normalized spacial score (nSPS) is 16.5. The molecule has 0 spiro atoms. The highest BCUT2D eigenvalue weighted by atomic mass is 35.5. The number of sulfonamides is 1. The molecular formula is C20H23ClN4O3S. The van der Waals surface area contributed by atoms with E-state index in [4.69, 9.17) is 11.6 Å². The lowest BCUT2D eigenvalue weighted by Crippen LogP contribution is -2.38. The second-order valence-electron chi connectivity index (χ2n) is 7.70. The maximum Gasteiger partial charge on any atom is 0.211 e. The van der Waals surface area contributed by atoms with Gasteiger partial charge in [0.1, 0.15) is 5.75 Å². The molecule has 0 amide bonds. The Balaban J connectivity index is 1.56. The number of hydrogen-bond donors (Lipinski definition) is 1. The molecule has 0 bridgehead atoms. The highest BCUT2D eigenvalue weighted by molar-refractivity contribution is 7.88. The van der Waals surface area contributed by atoms with Gasteiger partial charge in [-0.25, -0.2) is 12.7 Å². The van der Waals surface area contributed by atoms with Gasteiger partial charge >= 0.3 is 0 Å². The van der Waals surface area contributed by atoms with E-state index in [9.17, 15) is 13.5 Å². The van der Waals surface area contributed by atoms with Crippen LogP contribution in [0.5, 0.6) is 5.75 Å². The van der Waals surface area contributed by atoms with Crippen LogP contribution in [0.4, 0.5) is 0 Å². The van der Waals surface area contributed by atoms with E-state index in [2.05, 4.69) is 14.8 Å². The summed E-state index contributed by atoms with van der Waals surface area (Å²) in [5, 5.41) is 20.5. The second-order valence-corrected chi connectivity index (χ2v) is 10.1. The summed E-state index contributed by atoms with van der Waals surface area (Å²) in [6, 6.07) is 7.20. The van der Waals surface area contributed by atoms with Gasteiger partial charge in [-0.05, 0) is 55.5 Å². The first-order valence-electron chi connectivity index (χ1n) is 9.49. The molecule has 9 heteroatoms. The van der Waals surface area contributed by atoms with E-state index in [1.54, 1.807) is 10.4 Å². The number of aromatic hydroxyl groups is 1. The van der Waals surface area contributed by atoms with E-state index in [1.165, 1.54) is 12.3 Å². The van der Waals surface area contributed by atoms with E-state index >= 15 is 0 Å². The number of rotatable bonds is 4. The monoisotopic (exact) mass is 434 g/mol. The maximum absolute atomic E-state index is 11.7. The first-order chi connectivity index (χ1) is 13.7. The number of hydrogen-bond acceptors (Lipinski definition) is 5. The van der Waals surface area contributed by atoms with E-state index in [-0.39, 0.29) is 5.75 Å². The van der Waals surface area contributed by atoms with Crippen LogP contribution in [-0.2, 0) is 16.6 Å². The first-order valence-corrected chi connectivity index (χ1v) is 11.7. The highest BCUT2D eigenvalue weighted by Gasteiger charge is 2.25. The van der Waals surface area contributed by atoms with Crippen molar-refractivity contribution in [2.45, 2.75) is 26.3 Å². The lowest BCUT2D eigenvalue weighted by atomic mass is 9.98. The smallest absolute Gasteiger partial charge is 0.211 e. The molecule has 3 heterocycles. The van der Waals surface area contributed by atoms with Crippen LogP contribution in [0.3, 0.4) is 0 Å². The zero-order chi connectivity index (χ0) is 20.8. The zero-order valence-corrected chi connectivity index (χ0v) is 17.9. The first kappa shape index (κ1) is 20.1. The number of piperidine rings is 1. The maximum atomic E-state index is 11.7. The van der Waals surface area contributed by atoms with Crippen LogP contribution in [0.1, 0.15) is 18.4 Å². The van der Waals surface area contributed by atoms with Crippen molar-refractivity contribution in [3.05, 3.63) is 41.0 Å². The van der Waals surface area contributed by atoms with Crippen molar-refractivity contribution in [3.8, 4) is 17.0 Å². The Morgan fingerprint density at radius 1 is 1.21 bits per heavy atom. The minimum absolute atomic E-state index is 0.0840.